The second-order valence-corrected chi connectivity index (χ2v) is 7.21. The number of urea groups is 1. The van der Waals surface area contributed by atoms with Gasteiger partial charge in [0.1, 0.15) is 6.04 Å². The molecule has 7 heteroatoms. The van der Waals surface area contributed by atoms with E-state index in [2.05, 4.69) is 5.32 Å². The summed E-state index contributed by atoms with van der Waals surface area (Å²) in [5, 5.41) is 2.77. The first-order valence-electron chi connectivity index (χ1n) is 9.29. The second kappa shape index (κ2) is 6.99. The van der Waals surface area contributed by atoms with E-state index in [1.165, 1.54) is 4.90 Å². The van der Waals surface area contributed by atoms with Gasteiger partial charge >= 0.3 is 6.03 Å². The number of nitrogens with one attached hydrogen (secondary N) is 1. The van der Waals surface area contributed by atoms with Crippen LogP contribution in [0.2, 0.25) is 0 Å². The van der Waals surface area contributed by atoms with Crippen molar-refractivity contribution in [1.82, 2.24) is 10.2 Å². The van der Waals surface area contributed by atoms with Gasteiger partial charge in [0.15, 0.2) is 0 Å². The van der Waals surface area contributed by atoms with Crippen molar-refractivity contribution in [2.45, 2.75) is 25.9 Å². The molecule has 2 aromatic carbocycles. The Morgan fingerprint density at radius 2 is 1.89 bits per heavy atom. The third-order valence-corrected chi connectivity index (χ3v) is 5.44. The van der Waals surface area contributed by atoms with E-state index in [0.29, 0.717) is 37.3 Å². The molecule has 0 aromatic heterocycles. The lowest BCUT2D eigenvalue weighted by Crippen LogP contribution is -2.51. The standard InChI is InChI=1S/C21H22N4O3/c1-13-6-7-15(11-17(13)24-9-8-23-21(24)28)20(27)25-12-16-5-3-2-4-14(16)10-18(25)19(22)26/h2-7,11,18H,8-10,12H2,1H3,(H2,22,26)(H,23,28)/t18-/m1/s1. The molecule has 0 bridgehead atoms. The van der Waals surface area contributed by atoms with Crippen molar-refractivity contribution < 1.29 is 14.4 Å². The maximum absolute atomic E-state index is 13.3. The van der Waals surface area contributed by atoms with Crippen molar-refractivity contribution in [1.29, 1.82) is 0 Å². The molecule has 2 heterocycles. The Balaban J connectivity index is 1.68. The number of carbonyl (C=O) groups is 3. The fourth-order valence-electron chi connectivity index (χ4n) is 3.89. The van der Waals surface area contributed by atoms with Crippen molar-refractivity contribution in [2.24, 2.45) is 5.73 Å². The molecule has 0 radical (unpaired) electrons. The predicted molar refractivity (Wildman–Crippen MR) is 105 cm³/mol. The van der Waals surface area contributed by atoms with Gasteiger partial charge in [-0.25, -0.2) is 4.79 Å². The highest BCUT2D eigenvalue weighted by Gasteiger charge is 2.34. The fourth-order valence-corrected chi connectivity index (χ4v) is 3.89. The third-order valence-electron chi connectivity index (χ3n) is 5.44. The van der Waals surface area contributed by atoms with Crippen molar-refractivity contribution >= 4 is 23.5 Å². The predicted octanol–water partition coefficient (Wildman–Crippen LogP) is 1.58. The quantitative estimate of drug-likeness (QED) is 0.849. The molecular formula is C21H22N4O3. The van der Waals surface area contributed by atoms with Gasteiger partial charge in [-0.15, -0.1) is 0 Å². The summed E-state index contributed by atoms with van der Waals surface area (Å²) in [6, 6.07) is 12.2. The molecule has 28 heavy (non-hydrogen) atoms. The van der Waals surface area contributed by atoms with Gasteiger partial charge in [0.05, 0.1) is 0 Å². The summed E-state index contributed by atoms with van der Waals surface area (Å²) < 4.78 is 0. The van der Waals surface area contributed by atoms with Gasteiger partial charge in [0.25, 0.3) is 5.91 Å². The van der Waals surface area contributed by atoms with Crippen LogP contribution in [-0.2, 0) is 17.8 Å². The molecule has 7 nitrogen and oxygen atoms in total. The van der Waals surface area contributed by atoms with Crippen LogP contribution < -0.4 is 16.0 Å². The van der Waals surface area contributed by atoms with E-state index in [9.17, 15) is 14.4 Å². The molecule has 2 aliphatic rings. The Morgan fingerprint density at radius 3 is 2.57 bits per heavy atom. The molecule has 4 rings (SSSR count). The molecule has 0 spiro atoms. The molecule has 0 unspecified atom stereocenters. The van der Waals surface area contributed by atoms with E-state index in [-0.39, 0.29) is 11.9 Å². The highest BCUT2D eigenvalue weighted by atomic mass is 16.2. The highest BCUT2D eigenvalue weighted by Crippen LogP contribution is 2.28. The minimum absolute atomic E-state index is 0.172. The number of nitrogens with zero attached hydrogens (tertiary/aromatic N) is 2. The smallest absolute Gasteiger partial charge is 0.322 e. The molecule has 144 valence electrons. The number of carbonyl (C=O) groups excluding carboxylic acids is 3. The normalized spacial score (nSPS) is 18.6. The maximum atomic E-state index is 13.3. The third kappa shape index (κ3) is 3.09. The largest absolute Gasteiger partial charge is 0.368 e. The number of anilines is 1. The summed E-state index contributed by atoms with van der Waals surface area (Å²) in [5.74, 6) is -0.784. The van der Waals surface area contributed by atoms with Crippen molar-refractivity contribution in [2.75, 3.05) is 18.0 Å². The zero-order valence-corrected chi connectivity index (χ0v) is 15.6. The number of aryl methyl sites for hydroxylation is 1. The number of primary amides is 1. The zero-order valence-electron chi connectivity index (χ0n) is 15.6. The summed E-state index contributed by atoms with van der Waals surface area (Å²) in [5.41, 5.74) is 9.70. The molecule has 4 amide bonds. The van der Waals surface area contributed by atoms with Gasteiger partial charge in [-0.1, -0.05) is 30.3 Å². The fraction of sp³-hybridized carbons (Fsp3) is 0.286. The molecule has 3 N–H and O–H groups in total. The van der Waals surface area contributed by atoms with E-state index in [4.69, 9.17) is 5.73 Å². The van der Waals surface area contributed by atoms with E-state index in [1.807, 2.05) is 37.3 Å². The molecule has 2 aromatic rings. The summed E-state index contributed by atoms with van der Waals surface area (Å²) in [6.07, 6.45) is 0.407. The molecule has 2 aliphatic heterocycles. The Morgan fingerprint density at radius 1 is 1.14 bits per heavy atom. The van der Waals surface area contributed by atoms with Crippen LogP contribution in [0.25, 0.3) is 0 Å². The lowest BCUT2D eigenvalue weighted by atomic mass is 9.93. The van der Waals surface area contributed by atoms with Crippen LogP contribution in [0.4, 0.5) is 10.5 Å². The van der Waals surface area contributed by atoms with Gasteiger partial charge in [-0.3, -0.25) is 14.5 Å². The van der Waals surface area contributed by atoms with Crippen LogP contribution >= 0.6 is 0 Å². The first-order valence-corrected chi connectivity index (χ1v) is 9.29. The summed E-state index contributed by atoms with van der Waals surface area (Å²) >= 11 is 0. The van der Waals surface area contributed by atoms with E-state index >= 15 is 0 Å². The van der Waals surface area contributed by atoms with Crippen molar-refractivity contribution in [3.8, 4) is 0 Å². The molecule has 0 saturated carbocycles. The Bertz CT molecular complexity index is 972. The van der Waals surface area contributed by atoms with Crippen molar-refractivity contribution in [3.05, 3.63) is 64.7 Å². The molecule has 1 fully saturated rings. The van der Waals surface area contributed by atoms with Gasteiger partial charge < -0.3 is 16.0 Å². The molecule has 1 atom stereocenters. The van der Waals surface area contributed by atoms with Gasteiger partial charge in [0.2, 0.25) is 5.91 Å². The first-order chi connectivity index (χ1) is 13.5. The maximum Gasteiger partial charge on any atom is 0.322 e. The minimum Gasteiger partial charge on any atom is -0.368 e. The Labute approximate surface area is 163 Å². The van der Waals surface area contributed by atoms with E-state index in [0.717, 1.165) is 16.7 Å². The van der Waals surface area contributed by atoms with Crippen LogP contribution in [0.1, 0.15) is 27.0 Å². The van der Waals surface area contributed by atoms with Gasteiger partial charge in [-0.2, -0.15) is 0 Å². The average Bonchev–Trinajstić information content (AvgIpc) is 3.12. The van der Waals surface area contributed by atoms with Gasteiger partial charge in [-0.05, 0) is 35.7 Å². The zero-order chi connectivity index (χ0) is 19.8. The number of hydrogen-bond acceptors (Lipinski definition) is 3. The molecule has 1 saturated heterocycles. The number of nitrogens with two attached hydrogens (primary N) is 1. The number of benzene rings is 2. The van der Waals surface area contributed by atoms with Crippen LogP contribution in [0.5, 0.6) is 0 Å². The van der Waals surface area contributed by atoms with Crippen LogP contribution in [0, 0.1) is 6.92 Å². The lowest BCUT2D eigenvalue weighted by Gasteiger charge is -2.35. The summed E-state index contributed by atoms with van der Waals surface area (Å²) in [4.78, 5) is 40.5. The number of rotatable bonds is 3. The first kappa shape index (κ1) is 18.0. The summed E-state index contributed by atoms with van der Waals surface area (Å²) in [7, 11) is 0. The number of fused-ring (bicyclic) bond motifs is 1. The lowest BCUT2D eigenvalue weighted by molar-refractivity contribution is -0.122. The van der Waals surface area contributed by atoms with E-state index < -0.39 is 11.9 Å². The Hall–Kier alpha value is -3.35. The highest BCUT2D eigenvalue weighted by molar-refractivity contribution is 6.01. The van der Waals surface area contributed by atoms with Crippen LogP contribution in [-0.4, -0.2) is 41.9 Å². The van der Waals surface area contributed by atoms with E-state index in [1.54, 1.807) is 17.0 Å². The van der Waals surface area contributed by atoms with Crippen LogP contribution in [0.3, 0.4) is 0 Å². The van der Waals surface area contributed by atoms with Crippen molar-refractivity contribution in [3.63, 3.8) is 0 Å². The number of hydrogen-bond donors (Lipinski definition) is 2. The second-order valence-electron chi connectivity index (χ2n) is 7.21. The SMILES string of the molecule is Cc1ccc(C(=O)N2Cc3ccccc3C[C@@H]2C(N)=O)cc1N1CCNC1=O. The number of amides is 4. The molecule has 0 aliphatic carbocycles. The minimum atomic E-state index is -0.692. The topological polar surface area (TPSA) is 95.7 Å². The molecular weight excluding hydrogens is 356 g/mol. The monoisotopic (exact) mass is 378 g/mol. The Kier molecular flexibility index (Phi) is 4.50. The van der Waals surface area contributed by atoms with Gasteiger partial charge in [0, 0.05) is 37.3 Å². The summed E-state index contributed by atoms with van der Waals surface area (Å²) in [6.45, 7) is 3.36. The average molecular weight is 378 g/mol. The van der Waals surface area contributed by atoms with Crippen LogP contribution in [0.15, 0.2) is 42.5 Å².